The molecule has 1 aromatic heterocycles. The minimum Gasteiger partial charge on any atom is -0.381 e. The van der Waals surface area contributed by atoms with Gasteiger partial charge in [-0.1, -0.05) is 0 Å². The number of hydrogen-bond donors (Lipinski definition) is 0. The fourth-order valence-electron chi connectivity index (χ4n) is 3.79. The Bertz CT molecular complexity index is 480. The van der Waals surface area contributed by atoms with Gasteiger partial charge in [-0.2, -0.15) is 11.3 Å². The Hall–Kier alpha value is -0.910. The van der Waals surface area contributed by atoms with Crippen molar-refractivity contribution < 1.29 is 9.53 Å². The van der Waals surface area contributed by atoms with Crippen molar-refractivity contribution in [2.75, 3.05) is 46.9 Å². The molecule has 0 saturated carbocycles. The molecule has 0 aromatic carbocycles. The minimum absolute atomic E-state index is 0.198. The molecule has 2 aliphatic rings. The van der Waals surface area contributed by atoms with E-state index in [0.717, 1.165) is 51.3 Å². The van der Waals surface area contributed by atoms with Crippen LogP contribution < -0.4 is 0 Å². The number of likely N-dealkylation sites (tertiary alicyclic amines) is 1. The molecule has 4 nitrogen and oxygen atoms in total. The monoisotopic (exact) mass is 308 g/mol. The third-order valence-electron chi connectivity index (χ3n) is 4.94. The summed E-state index contributed by atoms with van der Waals surface area (Å²) < 4.78 is 5.56. The molecule has 116 valence electrons. The van der Waals surface area contributed by atoms with E-state index in [0.29, 0.717) is 5.92 Å². The van der Waals surface area contributed by atoms with Crippen LogP contribution in [-0.2, 0) is 4.74 Å². The van der Waals surface area contributed by atoms with Crippen LogP contribution in [0.25, 0.3) is 0 Å². The van der Waals surface area contributed by atoms with Crippen LogP contribution in [0.4, 0.5) is 0 Å². The summed E-state index contributed by atoms with van der Waals surface area (Å²) in [6.07, 6.45) is 2.16. The predicted molar refractivity (Wildman–Crippen MR) is 84.8 cm³/mol. The molecule has 21 heavy (non-hydrogen) atoms. The van der Waals surface area contributed by atoms with Crippen molar-refractivity contribution in [3.05, 3.63) is 22.4 Å². The number of rotatable bonds is 3. The molecule has 5 heteroatoms. The average Bonchev–Trinajstić information content (AvgIpc) is 3.09. The zero-order valence-electron chi connectivity index (χ0n) is 12.9. The predicted octanol–water partition coefficient (Wildman–Crippen LogP) is 2.18. The van der Waals surface area contributed by atoms with Crippen molar-refractivity contribution in [3.8, 4) is 0 Å². The van der Waals surface area contributed by atoms with Gasteiger partial charge in [0.2, 0.25) is 0 Å². The lowest BCUT2D eigenvalue weighted by Gasteiger charge is -2.38. The SMILES string of the molecule is CN(C)C[C@H]1CN(C(=O)c2ccsc2)CC12CCOCC2. The Balaban J connectivity index is 1.78. The van der Waals surface area contributed by atoms with E-state index in [2.05, 4.69) is 23.9 Å². The van der Waals surface area contributed by atoms with Crippen LogP contribution in [0.15, 0.2) is 16.8 Å². The summed E-state index contributed by atoms with van der Waals surface area (Å²) in [5.74, 6) is 0.752. The summed E-state index contributed by atoms with van der Waals surface area (Å²) in [6.45, 7) is 4.50. The van der Waals surface area contributed by atoms with Gasteiger partial charge in [-0.05, 0) is 49.7 Å². The molecule has 3 heterocycles. The first-order chi connectivity index (χ1) is 10.1. The number of carbonyl (C=O) groups excluding carboxylic acids is 1. The third-order valence-corrected chi connectivity index (χ3v) is 5.63. The van der Waals surface area contributed by atoms with E-state index < -0.39 is 0 Å². The minimum atomic E-state index is 0.198. The summed E-state index contributed by atoms with van der Waals surface area (Å²) in [5, 5.41) is 3.93. The van der Waals surface area contributed by atoms with Crippen LogP contribution in [0, 0.1) is 11.3 Å². The van der Waals surface area contributed by atoms with Crippen molar-refractivity contribution in [1.29, 1.82) is 0 Å². The molecule has 2 fully saturated rings. The van der Waals surface area contributed by atoms with Crippen LogP contribution in [0.2, 0.25) is 0 Å². The Kier molecular flexibility index (Phi) is 4.33. The number of hydrogen-bond acceptors (Lipinski definition) is 4. The molecule has 2 aliphatic heterocycles. The van der Waals surface area contributed by atoms with Crippen LogP contribution in [0.1, 0.15) is 23.2 Å². The fraction of sp³-hybridized carbons (Fsp3) is 0.688. The second kappa shape index (κ2) is 6.07. The van der Waals surface area contributed by atoms with E-state index in [1.807, 2.05) is 16.8 Å². The highest BCUT2D eigenvalue weighted by Gasteiger charge is 2.48. The summed E-state index contributed by atoms with van der Waals surface area (Å²) in [7, 11) is 4.24. The molecular formula is C16H24N2O2S. The van der Waals surface area contributed by atoms with Gasteiger partial charge in [0.1, 0.15) is 0 Å². The summed E-state index contributed by atoms with van der Waals surface area (Å²) >= 11 is 1.59. The Morgan fingerprint density at radius 3 is 2.86 bits per heavy atom. The third kappa shape index (κ3) is 3.00. The molecule has 1 aromatic rings. The van der Waals surface area contributed by atoms with Crippen molar-refractivity contribution in [2.24, 2.45) is 11.3 Å². The highest BCUT2D eigenvalue weighted by Crippen LogP contribution is 2.44. The van der Waals surface area contributed by atoms with E-state index in [-0.39, 0.29) is 11.3 Å². The summed E-state index contributed by atoms with van der Waals surface area (Å²) in [4.78, 5) is 17.0. The number of thiophene rings is 1. The lowest BCUT2D eigenvalue weighted by atomic mass is 9.72. The molecule has 1 amide bonds. The van der Waals surface area contributed by atoms with Crippen LogP contribution in [-0.4, -0.2) is 62.7 Å². The maximum Gasteiger partial charge on any atom is 0.254 e. The van der Waals surface area contributed by atoms with Gasteiger partial charge in [0.15, 0.2) is 0 Å². The van der Waals surface area contributed by atoms with Gasteiger partial charge in [-0.15, -0.1) is 0 Å². The van der Waals surface area contributed by atoms with Gasteiger partial charge in [-0.3, -0.25) is 4.79 Å². The lowest BCUT2D eigenvalue weighted by molar-refractivity contribution is -0.00451. The van der Waals surface area contributed by atoms with Gasteiger partial charge in [0.25, 0.3) is 5.91 Å². The van der Waals surface area contributed by atoms with Crippen molar-refractivity contribution in [3.63, 3.8) is 0 Å². The molecule has 0 unspecified atom stereocenters. The highest BCUT2D eigenvalue weighted by molar-refractivity contribution is 7.08. The Morgan fingerprint density at radius 1 is 1.48 bits per heavy atom. The largest absolute Gasteiger partial charge is 0.381 e. The summed E-state index contributed by atoms with van der Waals surface area (Å²) in [5.41, 5.74) is 1.10. The van der Waals surface area contributed by atoms with E-state index >= 15 is 0 Å². The van der Waals surface area contributed by atoms with Crippen molar-refractivity contribution >= 4 is 17.2 Å². The number of carbonyl (C=O) groups is 1. The quantitative estimate of drug-likeness (QED) is 0.858. The first kappa shape index (κ1) is 15.0. The van der Waals surface area contributed by atoms with Gasteiger partial charge in [-0.25, -0.2) is 0 Å². The summed E-state index contributed by atoms with van der Waals surface area (Å²) in [6, 6.07) is 1.93. The normalized spacial score (nSPS) is 24.9. The highest BCUT2D eigenvalue weighted by atomic mass is 32.1. The van der Waals surface area contributed by atoms with E-state index in [1.165, 1.54) is 0 Å². The number of nitrogens with zero attached hydrogens (tertiary/aromatic N) is 2. The molecule has 0 bridgehead atoms. The average molecular weight is 308 g/mol. The molecule has 3 rings (SSSR count). The number of amides is 1. The maximum absolute atomic E-state index is 12.7. The molecule has 1 atom stereocenters. The number of ether oxygens (including phenoxy) is 1. The Morgan fingerprint density at radius 2 is 2.24 bits per heavy atom. The van der Waals surface area contributed by atoms with Crippen LogP contribution >= 0.6 is 11.3 Å². The van der Waals surface area contributed by atoms with E-state index in [9.17, 15) is 4.79 Å². The molecule has 0 aliphatic carbocycles. The van der Waals surface area contributed by atoms with Gasteiger partial charge in [0, 0.05) is 38.2 Å². The molecule has 0 radical (unpaired) electrons. The molecule has 2 saturated heterocycles. The zero-order chi connectivity index (χ0) is 14.9. The van der Waals surface area contributed by atoms with Crippen LogP contribution in [0.5, 0.6) is 0 Å². The molecular weight excluding hydrogens is 284 g/mol. The first-order valence-electron chi connectivity index (χ1n) is 7.65. The molecule has 1 spiro atoms. The standard InChI is InChI=1S/C16H24N2O2S/c1-17(2)9-14-10-18(15(19)13-3-8-21-11-13)12-16(14)4-6-20-7-5-16/h3,8,11,14H,4-7,9-10,12H2,1-2H3/t14-/m0/s1. The van der Waals surface area contributed by atoms with Gasteiger partial charge >= 0.3 is 0 Å². The topological polar surface area (TPSA) is 32.8 Å². The van der Waals surface area contributed by atoms with E-state index in [4.69, 9.17) is 4.74 Å². The van der Waals surface area contributed by atoms with Gasteiger partial charge < -0.3 is 14.5 Å². The lowest BCUT2D eigenvalue weighted by Crippen LogP contribution is -2.40. The van der Waals surface area contributed by atoms with Gasteiger partial charge in [0.05, 0.1) is 5.56 Å². The fourth-order valence-corrected chi connectivity index (χ4v) is 4.42. The maximum atomic E-state index is 12.7. The van der Waals surface area contributed by atoms with Crippen LogP contribution in [0.3, 0.4) is 0 Å². The Labute approximate surface area is 130 Å². The smallest absolute Gasteiger partial charge is 0.254 e. The second-order valence-electron chi connectivity index (χ2n) is 6.63. The van der Waals surface area contributed by atoms with Crippen molar-refractivity contribution in [2.45, 2.75) is 12.8 Å². The van der Waals surface area contributed by atoms with Crippen molar-refractivity contribution in [1.82, 2.24) is 9.80 Å². The zero-order valence-corrected chi connectivity index (χ0v) is 13.7. The first-order valence-corrected chi connectivity index (χ1v) is 8.59. The van der Waals surface area contributed by atoms with E-state index in [1.54, 1.807) is 11.3 Å². The second-order valence-corrected chi connectivity index (χ2v) is 7.41. The molecule has 0 N–H and O–H groups in total.